The first-order valence-electron chi connectivity index (χ1n) is 6.73. The van der Waals surface area contributed by atoms with Gasteiger partial charge in [-0.05, 0) is 12.1 Å². The number of benzene rings is 2. The SMILES string of the molecule is c1ccc(-c2c3c(nn2-c2ccccc2)CSC3)cc1. The third kappa shape index (κ3) is 1.86. The van der Waals surface area contributed by atoms with Gasteiger partial charge >= 0.3 is 0 Å². The predicted octanol–water partition coefficient (Wildman–Crippen LogP) is 4.29. The van der Waals surface area contributed by atoms with Crippen LogP contribution < -0.4 is 0 Å². The quantitative estimate of drug-likeness (QED) is 0.696. The maximum Gasteiger partial charge on any atom is 0.0784 e. The van der Waals surface area contributed by atoms with Crippen LogP contribution in [-0.2, 0) is 11.5 Å². The number of thioether (sulfide) groups is 1. The monoisotopic (exact) mass is 278 g/mol. The molecule has 0 N–H and O–H groups in total. The third-order valence-electron chi connectivity index (χ3n) is 3.60. The van der Waals surface area contributed by atoms with Crippen LogP contribution in [0, 0.1) is 0 Å². The molecule has 3 heteroatoms. The highest BCUT2D eigenvalue weighted by molar-refractivity contribution is 7.98. The minimum atomic E-state index is 1.02. The van der Waals surface area contributed by atoms with Crippen molar-refractivity contribution in [2.24, 2.45) is 0 Å². The van der Waals surface area contributed by atoms with Gasteiger partial charge in [0.2, 0.25) is 0 Å². The minimum absolute atomic E-state index is 1.02. The fourth-order valence-corrected chi connectivity index (χ4v) is 3.70. The molecule has 20 heavy (non-hydrogen) atoms. The van der Waals surface area contributed by atoms with Gasteiger partial charge in [-0.15, -0.1) is 0 Å². The summed E-state index contributed by atoms with van der Waals surface area (Å²) >= 11 is 1.95. The van der Waals surface area contributed by atoms with E-state index < -0.39 is 0 Å². The molecule has 4 rings (SSSR count). The topological polar surface area (TPSA) is 17.8 Å². The van der Waals surface area contributed by atoms with Gasteiger partial charge in [-0.25, -0.2) is 4.68 Å². The molecule has 2 aromatic carbocycles. The molecule has 0 saturated heterocycles. The van der Waals surface area contributed by atoms with Gasteiger partial charge in [0.1, 0.15) is 0 Å². The fourth-order valence-electron chi connectivity index (χ4n) is 2.66. The second kappa shape index (κ2) is 4.84. The van der Waals surface area contributed by atoms with Crippen molar-refractivity contribution in [2.45, 2.75) is 11.5 Å². The summed E-state index contributed by atoms with van der Waals surface area (Å²) in [6, 6.07) is 21.0. The van der Waals surface area contributed by atoms with E-state index in [9.17, 15) is 0 Å². The minimum Gasteiger partial charge on any atom is -0.232 e. The van der Waals surface area contributed by atoms with E-state index in [1.54, 1.807) is 0 Å². The molecule has 3 aromatic rings. The number of nitrogens with zero attached hydrogens (tertiary/aromatic N) is 2. The molecule has 0 radical (unpaired) electrons. The molecule has 0 fully saturated rings. The van der Waals surface area contributed by atoms with Crippen molar-refractivity contribution in [1.29, 1.82) is 0 Å². The Morgan fingerprint density at radius 3 is 2.30 bits per heavy atom. The molecule has 0 bridgehead atoms. The molecule has 98 valence electrons. The van der Waals surface area contributed by atoms with Crippen molar-refractivity contribution in [3.05, 3.63) is 71.9 Å². The maximum atomic E-state index is 4.83. The second-order valence-electron chi connectivity index (χ2n) is 4.88. The van der Waals surface area contributed by atoms with Crippen LogP contribution in [0.1, 0.15) is 11.3 Å². The van der Waals surface area contributed by atoms with Crippen molar-refractivity contribution in [2.75, 3.05) is 0 Å². The summed E-state index contributed by atoms with van der Waals surface area (Å²) in [6.07, 6.45) is 0. The summed E-state index contributed by atoms with van der Waals surface area (Å²) in [5, 5.41) is 4.83. The van der Waals surface area contributed by atoms with Crippen molar-refractivity contribution in [3.63, 3.8) is 0 Å². The van der Waals surface area contributed by atoms with Gasteiger partial charge in [0, 0.05) is 22.6 Å². The zero-order chi connectivity index (χ0) is 13.4. The lowest BCUT2D eigenvalue weighted by Crippen LogP contribution is -2.00. The Labute approximate surface area is 122 Å². The van der Waals surface area contributed by atoms with Crippen LogP contribution >= 0.6 is 11.8 Å². The van der Waals surface area contributed by atoms with Gasteiger partial charge in [-0.2, -0.15) is 16.9 Å². The van der Waals surface area contributed by atoms with Crippen molar-refractivity contribution in [1.82, 2.24) is 9.78 Å². The van der Waals surface area contributed by atoms with E-state index in [1.165, 1.54) is 22.5 Å². The lowest BCUT2D eigenvalue weighted by atomic mass is 10.1. The smallest absolute Gasteiger partial charge is 0.0784 e. The molecule has 0 unspecified atom stereocenters. The zero-order valence-electron chi connectivity index (χ0n) is 11.0. The highest BCUT2D eigenvalue weighted by atomic mass is 32.2. The van der Waals surface area contributed by atoms with Gasteiger partial charge in [-0.1, -0.05) is 48.5 Å². The van der Waals surface area contributed by atoms with Crippen molar-refractivity contribution >= 4 is 11.8 Å². The number of hydrogen-bond donors (Lipinski definition) is 0. The largest absolute Gasteiger partial charge is 0.232 e. The molecule has 1 aliphatic rings. The summed E-state index contributed by atoms with van der Waals surface area (Å²) in [6.45, 7) is 0. The summed E-state index contributed by atoms with van der Waals surface area (Å²) in [7, 11) is 0. The number of aromatic nitrogens is 2. The molecule has 0 amide bonds. The first kappa shape index (κ1) is 11.8. The summed E-state index contributed by atoms with van der Waals surface area (Å²) in [5.41, 5.74) is 6.25. The van der Waals surface area contributed by atoms with E-state index in [4.69, 9.17) is 5.10 Å². The Morgan fingerprint density at radius 1 is 0.850 bits per heavy atom. The number of para-hydroxylation sites is 1. The van der Waals surface area contributed by atoms with Crippen LogP contribution in [0.25, 0.3) is 16.9 Å². The van der Waals surface area contributed by atoms with Gasteiger partial charge < -0.3 is 0 Å². The average Bonchev–Trinajstić information content (AvgIpc) is 3.09. The van der Waals surface area contributed by atoms with Crippen LogP contribution in [0.3, 0.4) is 0 Å². The molecule has 2 heterocycles. The summed E-state index contributed by atoms with van der Waals surface area (Å²) < 4.78 is 2.10. The van der Waals surface area contributed by atoms with Crippen LogP contribution in [0.5, 0.6) is 0 Å². The Hall–Kier alpha value is -2.00. The molecule has 0 saturated carbocycles. The maximum absolute atomic E-state index is 4.83. The normalized spacial score (nSPS) is 13.4. The highest BCUT2D eigenvalue weighted by Gasteiger charge is 2.23. The molecular formula is C17H14N2S. The molecular weight excluding hydrogens is 264 g/mol. The van der Waals surface area contributed by atoms with Crippen LogP contribution in [0.4, 0.5) is 0 Å². The molecule has 0 atom stereocenters. The van der Waals surface area contributed by atoms with E-state index in [-0.39, 0.29) is 0 Å². The molecule has 1 aliphatic heterocycles. The molecule has 1 aromatic heterocycles. The van der Waals surface area contributed by atoms with Gasteiger partial charge in [0.15, 0.2) is 0 Å². The lowest BCUT2D eigenvalue weighted by molar-refractivity contribution is 0.866. The standard InChI is InChI=1S/C17H14N2S/c1-3-7-13(8-4-1)17-15-11-20-12-16(15)18-19(17)14-9-5-2-6-10-14/h1-10H,11-12H2. The van der Waals surface area contributed by atoms with E-state index in [2.05, 4.69) is 59.3 Å². The Morgan fingerprint density at radius 2 is 1.55 bits per heavy atom. The molecule has 2 nitrogen and oxygen atoms in total. The Kier molecular flexibility index (Phi) is 2.85. The predicted molar refractivity (Wildman–Crippen MR) is 84.0 cm³/mol. The zero-order valence-corrected chi connectivity index (χ0v) is 11.8. The van der Waals surface area contributed by atoms with Gasteiger partial charge in [0.25, 0.3) is 0 Å². The van der Waals surface area contributed by atoms with E-state index in [1.807, 2.05) is 17.8 Å². The first-order chi connectivity index (χ1) is 9.93. The number of hydrogen-bond acceptors (Lipinski definition) is 2. The summed E-state index contributed by atoms with van der Waals surface area (Å²) in [5.74, 6) is 2.08. The fraction of sp³-hybridized carbons (Fsp3) is 0.118. The molecule has 0 aliphatic carbocycles. The highest BCUT2D eigenvalue weighted by Crippen LogP contribution is 2.38. The van der Waals surface area contributed by atoms with E-state index in [0.717, 1.165) is 17.2 Å². The number of fused-ring (bicyclic) bond motifs is 1. The van der Waals surface area contributed by atoms with Crippen LogP contribution in [0.2, 0.25) is 0 Å². The Bertz CT molecular complexity index is 732. The average molecular weight is 278 g/mol. The number of rotatable bonds is 2. The lowest BCUT2D eigenvalue weighted by Gasteiger charge is -2.09. The first-order valence-corrected chi connectivity index (χ1v) is 7.88. The van der Waals surface area contributed by atoms with Gasteiger partial charge in [0.05, 0.1) is 17.1 Å². The Balaban J connectivity index is 1.97. The van der Waals surface area contributed by atoms with Crippen LogP contribution in [-0.4, -0.2) is 9.78 Å². The summed E-state index contributed by atoms with van der Waals surface area (Å²) in [4.78, 5) is 0. The molecule has 0 spiro atoms. The van der Waals surface area contributed by atoms with Gasteiger partial charge in [-0.3, -0.25) is 0 Å². The van der Waals surface area contributed by atoms with E-state index in [0.29, 0.717) is 0 Å². The van der Waals surface area contributed by atoms with Crippen LogP contribution in [0.15, 0.2) is 60.7 Å². The van der Waals surface area contributed by atoms with Crippen molar-refractivity contribution < 1.29 is 0 Å². The second-order valence-corrected chi connectivity index (χ2v) is 5.87. The third-order valence-corrected chi connectivity index (χ3v) is 4.57. The van der Waals surface area contributed by atoms with E-state index >= 15 is 0 Å². The van der Waals surface area contributed by atoms with Crippen molar-refractivity contribution in [3.8, 4) is 16.9 Å².